The van der Waals surface area contributed by atoms with Gasteiger partial charge in [0.1, 0.15) is 5.82 Å². The van der Waals surface area contributed by atoms with Gasteiger partial charge in [0.05, 0.1) is 6.61 Å². The van der Waals surface area contributed by atoms with Crippen LogP contribution >= 0.6 is 11.8 Å². The van der Waals surface area contributed by atoms with Crippen LogP contribution in [0.5, 0.6) is 0 Å². The minimum absolute atomic E-state index is 0.359. The first-order valence-electron chi connectivity index (χ1n) is 10.6. The molecule has 1 N–H and O–H groups in total. The van der Waals surface area contributed by atoms with E-state index >= 15 is 0 Å². The van der Waals surface area contributed by atoms with Crippen LogP contribution in [0.15, 0.2) is 10.1 Å². The smallest absolute Gasteiger partial charge is 0.193 e. The summed E-state index contributed by atoms with van der Waals surface area (Å²) >= 11 is 1.67. The van der Waals surface area contributed by atoms with Crippen LogP contribution in [0.4, 0.5) is 0 Å². The third-order valence-electron chi connectivity index (χ3n) is 5.60. The highest BCUT2D eigenvalue weighted by atomic mass is 32.2. The van der Waals surface area contributed by atoms with Crippen LogP contribution < -0.4 is 5.32 Å². The van der Waals surface area contributed by atoms with Gasteiger partial charge in [-0.1, -0.05) is 25.6 Å². The van der Waals surface area contributed by atoms with Crippen molar-refractivity contribution in [1.82, 2.24) is 25.0 Å². The number of hydrogen-bond acceptors (Lipinski definition) is 5. The zero-order chi connectivity index (χ0) is 20.0. The van der Waals surface area contributed by atoms with Crippen molar-refractivity contribution in [2.75, 3.05) is 45.6 Å². The summed E-state index contributed by atoms with van der Waals surface area (Å²) in [7, 11) is 0. The Morgan fingerprint density at radius 1 is 1.36 bits per heavy atom. The van der Waals surface area contributed by atoms with E-state index in [-0.39, 0.29) is 0 Å². The maximum absolute atomic E-state index is 5.66. The highest BCUT2D eigenvalue weighted by Gasteiger charge is 2.42. The van der Waals surface area contributed by atoms with E-state index in [1.54, 1.807) is 11.8 Å². The molecule has 0 amide bonds. The Morgan fingerprint density at radius 3 is 2.89 bits per heavy atom. The second kappa shape index (κ2) is 9.96. The van der Waals surface area contributed by atoms with Crippen molar-refractivity contribution in [3.63, 3.8) is 0 Å². The summed E-state index contributed by atoms with van der Waals surface area (Å²) in [5.74, 6) is 2.72. The molecule has 1 aromatic heterocycles. The molecule has 8 heteroatoms. The fourth-order valence-corrected chi connectivity index (χ4v) is 4.66. The highest BCUT2D eigenvalue weighted by molar-refractivity contribution is 7.98. The lowest BCUT2D eigenvalue weighted by atomic mass is 9.87. The summed E-state index contributed by atoms with van der Waals surface area (Å²) < 4.78 is 7.94. The first-order chi connectivity index (χ1) is 13.6. The van der Waals surface area contributed by atoms with Gasteiger partial charge in [-0.3, -0.25) is 4.99 Å². The van der Waals surface area contributed by atoms with Gasteiger partial charge in [0.25, 0.3) is 0 Å². The van der Waals surface area contributed by atoms with Gasteiger partial charge in [-0.05, 0) is 38.4 Å². The lowest BCUT2D eigenvalue weighted by Crippen LogP contribution is -2.41. The molecule has 158 valence electrons. The molecular weight excluding hydrogens is 372 g/mol. The third-order valence-corrected chi connectivity index (χ3v) is 6.27. The molecule has 2 aliphatic rings. The van der Waals surface area contributed by atoms with E-state index in [1.807, 2.05) is 0 Å². The molecule has 1 atom stereocenters. The van der Waals surface area contributed by atoms with Crippen LogP contribution in [0.25, 0.3) is 0 Å². The molecule has 0 aromatic carbocycles. The summed E-state index contributed by atoms with van der Waals surface area (Å²) in [6.45, 7) is 13.3. The van der Waals surface area contributed by atoms with Gasteiger partial charge in [0.15, 0.2) is 11.1 Å². The number of ether oxygens (including phenoxy) is 1. The molecule has 1 unspecified atom stereocenters. The predicted octanol–water partition coefficient (Wildman–Crippen LogP) is 2.67. The summed E-state index contributed by atoms with van der Waals surface area (Å²) in [4.78, 5) is 7.33. The number of aliphatic imine (C=N–C) groups is 1. The zero-order valence-electron chi connectivity index (χ0n) is 17.9. The molecule has 7 nitrogen and oxygen atoms in total. The monoisotopic (exact) mass is 408 g/mol. The number of hydrogen-bond donors (Lipinski definition) is 1. The van der Waals surface area contributed by atoms with Crippen molar-refractivity contribution in [1.29, 1.82) is 0 Å². The average molecular weight is 409 g/mol. The van der Waals surface area contributed by atoms with Crippen molar-refractivity contribution in [3.8, 4) is 0 Å². The molecule has 2 aliphatic heterocycles. The fourth-order valence-electron chi connectivity index (χ4n) is 4.14. The molecule has 0 aliphatic carbocycles. The Labute approximate surface area is 173 Å². The number of nitrogens with zero attached hydrogens (tertiary/aromatic N) is 5. The Bertz CT molecular complexity index is 653. The van der Waals surface area contributed by atoms with Crippen molar-refractivity contribution in [2.24, 2.45) is 16.3 Å². The van der Waals surface area contributed by atoms with Crippen LogP contribution in [0, 0.1) is 11.3 Å². The number of nitrogens with one attached hydrogen (secondary N) is 1. The minimum Gasteiger partial charge on any atom is -0.381 e. The maximum atomic E-state index is 5.66. The van der Waals surface area contributed by atoms with Crippen molar-refractivity contribution < 1.29 is 4.74 Å². The first-order valence-corrected chi connectivity index (χ1v) is 11.9. The number of thioether (sulfide) groups is 1. The largest absolute Gasteiger partial charge is 0.381 e. The Hall–Kier alpha value is -1.28. The van der Waals surface area contributed by atoms with Crippen LogP contribution in [-0.2, 0) is 17.7 Å². The quantitative estimate of drug-likeness (QED) is 0.309. The Balaban J connectivity index is 1.55. The fraction of sp³-hybridized carbons (Fsp3) is 0.850. The summed E-state index contributed by atoms with van der Waals surface area (Å²) in [5.41, 5.74) is 0.359. The second-order valence-corrected chi connectivity index (χ2v) is 9.19. The van der Waals surface area contributed by atoms with Crippen molar-refractivity contribution >= 4 is 17.7 Å². The Morgan fingerprint density at radius 2 is 2.21 bits per heavy atom. The van der Waals surface area contributed by atoms with E-state index in [0.29, 0.717) is 11.3 Å². The van der Waals surface area contributed by atoms with E-state index in [4.69, 9.17) is 9.73 Å². The topological polar surface area (TPSA) is 67.6 Å². The molecule has 0 bridgehead atoms. The number of aryl methyl sites for hydroxylation is 1. The molecule has 2 saturated heterocycles. The number of guanidine groups is 1. The molecule has 2 fully saturated rings. The van der Waals surface area contributed by atoms with E-state index in [1.165, 1.54) is 12.8 Å². The van der Waals surface area contributed by atoms with Gasteiger partial charge in [0.2, 0.25) is 0 Å². The van der Waals surface area contributed by atoms with Gasteiger partial charge in [-0.2, -0.15) is 0 Å². The highest BCUT2D eigenvalue weighted by Crippen LogP contribution is 2.38. The zero-order valence-corrected chi connectivity index (χ0v) is 18.7. The number of rotatable bonds is 8. The van der Waals surface area contributed by atoms with Crippen molar-refractivity contribution in [2.45, 2.75) is 58.2 Å². The Kier molecular flexibility index (Phi) is 7.62. The summed E-state index contributed by atoms with van der Waals surface area (Å²) in [6, 6.07) is 0. The average Bonchev–Trinajstić information content (AvgIpc) is 3.39. The predicted molar refractivity (Wildman–Crippen MR) is 115 cm³/mol. The molecule has 0 saturated carbocycles. The van der Waals surface area contributed by atoms with E-state index < -0.39 is 0 Å². The van der Waals surface area contributed by atoms with E-state index in [0.717, 1.165) is 75.7 Å². The second-order valence-electron chi connectivity index (χ2n) is 8.42. The van der Waals surface area contributed by atoms with Crippen LogP contribution in [0.2, 0.25) is 0 Å². The van der Waals surface area contributed by atoms with Gasteiger partial charge >= 0.3 is 0 Å². The number of likely N-dealkylation sites (tertiary alicyclic amines) is 1. The van der Waals surface area contributed by atoms with Gasteiger partial charge < -0.3 is 19.5 Å². The molecule has 1 spiro atoms. The molecule has 3 rings (SSSR count). The molecule has 3 heterocycles. The van der Waals surface area contributed by atoms with Gasteiger partial charge in [-0.15, -0.1) is 10.2 Å². The SMILES string of the molecule is CCNC(=NCCCc1nnc(SC)n1CC(C)C)N1CCC2(CCOC2)C1. The van der Waals surface area contributed by atoms with E-state index in [2.05, 4.69) is 52.0 Å². The van der Waals surface area contributed by atoms with Crippen LogP contribution in [-0.4, -0.2) is 71.3 Å². The molecular formula is C20H36N6OS. The van der Waals surface area contributed by atoms with Crippen LogP contribution in [0.1, 0.15) is 45.9 Å². The molecule has 0 radical (unpaired) electrons. The minimum atomic E-state index is 0.359. The summed E-state index contributed by atoms with van der Waals surface area (Å²) in [5, 5.41) is 13.3. The normalized spacial score (nSPS) is 22.8. The molecule has 1 aromatic rings. The van der Waals surface area contributed by atoms with Crippen LogP contribution in [0.3, 0.4) is 0 Å². The maximum Gasteiger partial charge on any atom is 0.193 e. The first kappa shape index (κ1) is 21.4. The lowest BCUT2D eigenvalue weighted by Gasteiger charge is -2.25. The lowest BCUT2D eigenvalue weighted by molar-refractivity contribution is 0.156. The number of aromatic nitrogens is 3. The molecule has 28 heavy (non-hydrogen) atoms. The standard InChI is InChI=1S/C20H36N6OS/c1-5-21-18(25-11-8-20(14-25)9-12-27-15-20)22-10-6-7-17-23-24-19(28-4)26(17)13-16(2)3/h16H,5-15H2,1-4H3,(H,21,22). The van der Waals surface area contributed by atoms with Crippen molar-refractivity contribution in [3.05, 3.63) is 5.82 Å². The summed E-state index contributed by atoms with van der Waals surface area (Å²) in [6.07, 6.45) is 6.37. The van der Waals surface area contributed by atoms with Gasteiger partial charge in [-0.25, -0.2) is 0 Å². The van der Waals surface area contributed by atoms with Gasteiger partial charge in [0, 0.05) is 51.2 Å². The van der Waals surface area contributed by atoms with E-state index in [9.17, 15) is 0 Å². The third kappa shape index (κ3) is 5.20.